The summed E-state index contributed by atoms with van der Waals surface area (Å²) in [6.45, 7) is 1.76. The van der Waals surface area contributed by atoms with Gasteiger partial charge in [-0.15, -0.1) is 0 Å². The minimum absolute atomic E-state index is 0.402. The monoisotopic (exact) mass is 281 g/mol. The Hall–Kier alpha value is -2.87. The second-order valence-corrected chi connectivity index (χ2v) is 4.52. The topological polar surface area (TPSA) is 66.2 Å². The summed E-state index contributed by atoms with van der Waals surface area (Å²) < 4.78 is 4.70. The molecule has 0 spiro atoms. The fraction of sp³-hybridized carbons (Fsp3) is 0.188. The average Bonchev–Trinajstić information content (AvgIpc) is 2.53. The molecule has 5 nitrogen and oxygen atoms in total. The molecule has 2 aromatic rings. The lowest BCUT2D eigenvalue weighted by Crippen LogP contribution is -2.13. The fourth-order valence-corrected chi connectivity index (χ4v) is 1.98. The van der Waals surface area contributed by atoms with Gasteiger partial charge in [0.05, 0.1) is 30.0 Å². The van der Waals surface area contributed by atoms with E-state index in [-0.39, 0.29) is 0 Å². The third kappa shape index (κ3) is 3.00. The van der Waals surface area contributed by atoms with Crippen molar-refractivity contribution >= 4 is 17.5 Å². The first-order valence-electron chi connectivity index (χ1n) is 6.36. The van der Waals surface area contributed by atoms with Crippen LogP contribution in [0.5, 0.6) is 0 Å². The average molecular weight is 281 g/mol. The van der Waals surface area contributed by atoms with Crippen LogP contribution in [0.1, 0.15) is 21.6 Å². The van der Waals surface area contributed by atoms with Gasteiger partial charge in [0.25, 0.3) is 0 Å². The zero-order chi connectivity index (χ0) is 15.4. The summed E-state index contributed by atoms with van der Waals surface area (Å²) in [4.78, 5) is 17.8. The highest BCUT2D eigenvalue weighted by atomic mass is 16.5. The number of methoxy groups -OCH3 is 1. The number of carbonyl (C=O) groups is 1. The summed E-state index contributed by atoms with van der Waals surface area (Å²) in [6, 6.07) is 12.8. The quantitative estimate of drug-likeness (QED) is 0.809. The highest BCUT2D eigenvalue weighted by Gasteiger charge is 2.13. The molecule has 1 aromatic heterocycles. The van der Waals surface area contributed by atoms with E-state index in [0.29, 0.717) is 22.6 Å². The van der Waals surface area contributed by atoms with Crippen LogP contribution >= 0.6 is 0 Å². The molecule has 0 saturated heterocycles. The summed E-state index contributed by atoms with van der Waals surface area (Å²) in [5, 5.41) is 8.95. The summed E-state index contributed by atoms with van der Waals surface area (Å²) >= 11 is 0. The van der Waals surface area contributed by atoms with Crippen LogP contribution in [0.25, 0.3) is 0 Å². The Balaban J connectivity index is 2.35. The van der Waals surface area contributed by atoms with Gasteiger partial charge in [0.2, 0.25) is 0 Å². The van der Waals surface area contributed by atoms with Crippen molar-refractivity contribution in [3.05, 3.63) is 53.2 Å². The number of aryl methyl sites for hydroxylation is 1. The van der Waals surface area contributed by atoms with E-state index in [1.165, 1.54) is 7.11 Å². The van der Waals surface area contributed by atoms with E-state index in [4.69, 9.17) is 10.00 Å². The number of nitrogens with zero attached hydrogens (tertiary/aromatic N) is 3. The molecule has 0 fully saturated rings. The lowest BCUT2D eigenvalue weighted by atomic mass is 10.2. The number of pyridine rings is 1. The van der Waals surface area contributed by atoms with Gasteiger partial charge in [-0.2, -0.15) is 5.26 Å². The molecule has 5 heteroatoms. The molecule has 1 aromatic carbocycles. The molecule has 0 saturated carbocycles. The van der Waals surface area contributed by atoms with Crippen molar-refractivity contribution in [2.75, 3.05) is 19.1 Å². The Bertz CT molecular complexity index is 720. The van der Waals surface area contributed by atoms with Crippen LogP contribution < -0.4 is 4.90 Å². The number of anilines is 2. The Morgan fingerprint density at radius 2 is 2.10 bits per heavy atom. The number of esters is 1. The van der Waals surface area contributed by atoms with Crippen molar-refractivity contribution in [2.45, 2.75) is 6.92 Å². The number of aromatic nitrogens is 1. The molecule has 0 unspecified atom stereocenters. The van der Waals surface area contributed by atoms with Gasteiger partial charge < -0.3 is 9.64 Å². The maximum absolute atomic E-state index is 11.6. The van der Waals surface area contributed by atoms with Crippen LogP contribution in [0.15, 0.2) is 36.4 Å². The van der Waals surface area contributed by atoms with Crippen molar-refractivity contribution in [2.24, 2.45) is 0 Å². The lowest BCUT2D eigenvalue weighted by molar-refractivity contribution is 0.0599. The first-order chi connectivity index (χ1) is 10.1. The van der Waals surface area contributed by atoms with E-state index in [1.54, 1.807) is 31.2 Å². The number of carbonyl (C=O) groups excluding carboxylic acids is 1. The van der Waals surface area contributed by atoms with Gasteiger partial charge in [0.1, 0.15) is 5.82 Å². The van der Waals surface area contributed by atoms with Crippen LogP contribution in [0.3, 0.4) is 0 Å². The SMILES string of the molecule is COC(=O)c1ccc(N(C)c2cccc(C#N)c2)nc1C. The minimum Gasteiger partial charge on any atom is -0.465 e. The molecule has 0 bridgehead atoms. The molecule has 1 heterocycles. The van der Waals surface area contributed by atoms with Crippen LogP contribution in [0.4, 0.5) is 11.5 Å². The van der Waals surface area contributed by atoms with Crippen LogP contribution in [-0.2, 0) is 4.74 Å². The van der Waals surface area contributed by atoms with E-state index < -0.39 is 5.97 Å². The number of ether oxygens (including phenoxy) is 1. The summed E-state index contributed by atoms with van der Waals surface area (Å²) in [6.07, 6.45) is 0. The number of benzene rings is 1. The van der Waals surface area contributed by atoms with Crippen molar-refractivity contribution in [1.29, 1.82) is 5.26 Å². The molecule has 21 heavy (non-hydrogen) atoms. The maximum Gasteiger partial charge on any atom is 0.339 e. The molecule has 0 atom stereocenters. The standard InChI is InChI=1S/C16H15N3O2/c1-11-14(16(20)21-3)7-8-15(18-11)19(2)13-6-4-5-12(9-13)10-17/h4-9H,1-3H3. The van der Waals surface area contributed by atoms with E-state index in [2.05, 4.69) is 11.1 Å². The minimum atomic E-state index is -0.402. The third-order valence-corrected chi connectivity index (χ3v) is 3.18. The van der Waals surface area contributed by atoms with Crippen LogP contribution in [0, 0.1) is 18.3 Å². The summed E-state index contributed by atoms with van der Waals surface area (Å²) in [7, 11) is 3.20. The van der Waals surface area contributed by atoms with E-state index in [1.807, 2.05) is 24.1 Å². The molecular weight excluding hydrogens is 266 g/mol. The Morgan fingerprint density at radius 1 is 1.33 bits per heavy atom. The predicted molar refractivity (Wildman–Crippen MR) is 79.5 cm³/mol. The normalized spacial score (nSPS) is 9.81. The zero-order valence-electron chi connectivity index (χ0n) is 12.1. The second kappa shape index (κ2) is 6.06. The van der Waals surface area contributed by atoms with E-state index in [9.17, 15) is 4.79 Å². The number of hydrogen-bond acceptors (Lipinski definition) is 5. The lowest BCUT2D eigenvalue weighted by Gasteiger charge is -2.19. The Morgan fingerprint density at radius 3 is 2.71 bits per heavy atom. The van der Waals surface area contributed by atoms with E-state index >= 15 is 0 Å². The first-order valence-corrected chi connectivity index (χ1v) is 6.36. The molecule has 2 rings (SSSR count). The molecule has 106 valence electrons. The smallest absolute Gasteiger partial charge is 0.339 e. The van der Waals surface area contributed by atoms with Gasteiger partial charge >= 0.3 is 5.97 Å². The highest BCUT2D eigenvalue weighted by molar-refractivity contribution is 5.90. The summed E-state index contributed by atoms with van der Waals surface area (Å²) in [5.41, 5.74) is 2.48. The number of nitriles is 1. The van der Waals surface area contributed by atoms with Crippen LogP contribution in [0.2, 0.25) is 0 Å². The molecule has 0 aliphatic carbocycles. The highest BCUT2D eigenvalue weighted by Crippen LogP contribution is 2.23. The fourth-order valence-electron chi connectivity index (χ4n) is 1.98. The van der Waals surface area contributed by atoms with Crippen molar-refractivity contribution in [3.63, 3.8) is 0 Å². The van der Waals surface area contributed by atoms with Crippen LogP contribution in [-0.4, -0.2) is 25.1 Å². The molecule has 0 aliphatic rings. The summed E-state index contributed by atoms with van der Waals surface area (Å²) in [5.74, 6) is 0.288. The Labute approximate surface area is 123 Å². The van der Waals surface area contributed by atoms with E-state index in [0.717, 1.165) is 5.69 Å². The Kier molecular flexibility index (Phi) is 4.19. The zero-order valence-corrected chi connectivity index (χ0v) is 12.1. The van der Waals surface area contributed by atoms with Gasteiger partial charge in [-0.1, -0.05) is 6.07 Å². The predicted octanol–water partition coefficient (Wildman–Crippen LogP) is 2.82. The van der Waals surface area contributed by atoms with Gasteiger partial charge in [-0.3, -0.25) is 0 Å². The van der Waals surface area contributed by atoms with Crippen molar-refractivity contribution in [1.82, 2.24) is 4.98 Å². The first kappa shape index (κ1) is 14.5. The third-order valence-electron chi connectivity index (χ3n) is 3.18. The number of rotatable bonds is 3. The molecule has 0 N–H and O–H groups in total. The van der Waals surface area contributed by atoms with Gasteiger partial charge in [0.15, 0.2) is 0 Å². The number of hydrogen-bond donors (Lipinski definition) is 0. The van der Waals surface area contributed by atoms with Gasteiger partial charge in [-0.25, -0.2) is 9.78 Å². The molecule has 0 aliphatic heterocycles. The molecular formula is C16H15N3O2. The second-order valence-electron chi connectivity index (χ2n) is 4.52. The molecule has 0 radical (unpaired) electrons. The molecule has 0 amide bonds. The van der Waals surface area contributed by atoms with Gasteiger partial charge in [-0.05, 0) is 37.3 Å². The van der Waals surface area contributed by atoms with Gasteiger partial charge in [0, 0.05) is 12.7 Å². The van der Waals surface area contributed by atoms with Crippen molar-refractivity contribution in [3.8, 4) is 6.07 Å². The largest absolute Gasteiger partial charge is 0.465 e. The maximum atomic E-state index is 11.6. The van der Waals surface area contributed by atoms with Crippen molar-refractivity contribution < 1.29 is 9.53 Å².